The maximum Gasteiger partial charge on any atom is 0.222 e. The standard InChI is InChI=1S/C12H22N4/c1-11(2)16(3)10-5-4-7-13-12-14-8-6-9-15-12/h6,8-9,11H,4-5,7,10H2,1-3H3,(H,13,14,15). The van der Waals surface area contributed by atoms with E-state index in [9.17, 15) is 0 Å². The summed E-state index contributed by atoms with van der Waals surface area (Å²) in [6.45, 7) is 6.52. The van der Waals surface area contributed by atoms with E-state index in [1.807, 2.05) is 6.07 Å². The molecule has 0 saturated heterocycles. The number of anilines is 1. The van der Waals surface area contributed by atoms with Crippen LogP contribution in [0.15, 0.2) is 18.5 Å². The zero-order chi connectivity index (χ0) is 11.8. The number of aromatic nitrogens is 2. The highest BCUT2D eigenvalue weighted by atomic mass is 15.1. The van der Waals surface area contributed by atoms with Gasteiger partial charge in [0.1, 0.15) is 0 Å². The molecule has 0 atom stereocenters. The molecule has 1 rings (SSSR count). The van der Waals surface area contributed by atoms with Crippen LogP contribution >= 0.6 is 0 Å². The summed E-state index contributed by atoms with van der Waals surface area (Å²) in [5.74, 6) is 0.722. The smallest absolute Gasteiger partial charge is 0.222 e. The Bertz CT molecular complexity index is 274. The summed E-state index contributed by atoms with van der Waals surface area (Å²) in [4.78, 5) is 10.6. The predicted molar refractivity (Wildman–Crippen MR) is 67.5 cm³/mol. The molecule has 0 unspecified atom stereocenters. The molecule has 0 radical (unpaired) electrons. The van der Waals surface area contributed by atoms with Crippen LogP contribution in [-0.4, -0.2) is 41.0 Å². The van der Waals surface area contributed by atoms with Gasteiger partial charge < -0.3 is 10.2 Å². The summed E-state index contributed by atoms with van der Waals surface area (Å²) in [6.07, 6.45) is 5.85. The van der Waals surface area contributed by atoms with Crippen LogP contribution in [0.2, 0.25) is 0 Å². The lowest BCUT2D eigenvalue weighted by atomic mass is 10.2. The fraction of sp³-hybridized carbons (Fsp3) is 0.667. The Kier molecular flexibility index (Phi) is 5.78. The number of hydrogen-bond donors (Lipinski definition) is 1. The molecule has 0 bridgehead atoms. The van der Waals surface area contributed by atoms with Crippen LogP contribution in [0.1, 0.15) is 26.7 Å². The highest BCUT2D eigenvalue weighted by molar-refractivity contribution is 5.21. The van der Waals surface area contributed by atoms with Gasteiger partial charge in [-0.25, -0.2) is 9.97 Å². The van der Waals surface area contributed by atoms with Crippen molar-refractivity contribution in [3.63, 3.8) is 0 Å². The molecular weight excluding hydrogens is 200 g/mol. The van der Waals surface area contributed by atoms with E-state index in [4.69, 9.17) is 0 Å². The average Bonchev–Trinajstić information content (AvgIpc) is 2.29. The van der Waals surface area contributed by atoms with E-state index in [-0.39, 0.29) is 0 Å². The van der Waals surface area contributed by atoms with Gasteiger partial charge in [-0.3, -0.25) is 0 Å². The Morgan fingerprint density at radius 1 is 1.25 bits per heavy atom. The normalized spacial score (nSPS) is 11.1. The van der Waals surface area contributed by atoms with E-state index in [0.29, 0.717) is 6.04 Å². The first kappa shape index (κ1) is 12.9. The van der Waals surface area contributed by atoms with Gasteiger partial charge >= 0.3 is 0 Å². The maximum absolute atomic E-state index is 4.11. The van der Waals surface area contributed by atoms with Crippen molar-refractivity contribution in [3.05, 3.63) is 18.5 Å². The average molecular weight is 222 g/mol. The molecule has 0 aliphatic rings. The van der Waals surface area contributed by atoms with Crippen molar-refractivity contribution in [2.75, 3.05) is 25.5 Å². The molecule has 1 aromatic heterocycles. The van der Waals surface area contributed by atoms with E-state index in [1.54, 1.807) is 12.4 Å². The van der Waals surface area contributed by atoms with Crippen molar-refractivity contribution < 1.29 is 0 Å². The van der Waals surface area contributed by atoms with Crippen LogP contribution in [0.4, 0.5) is 5.95 Å². The second-order valence-electron chi connectivity index (χ2n) is 4.28. The van der Waals surface area contributed by atoms with Gasteiger partial charge in [0.25, 0.3) is 0 Å². The Morgan fingerprint density at radius 2 is 1.94 bits per heavy atom. The summed E-state index contributed by atoms with van der Waals surface area (Å²) in [5.41, 5.74) is 0. The highest BCUT2D eigenvalue weighted by Crippen LogP contribution is 1.99. The van der Waals surface area contributed by atoms with Gasteiger partial charge in [0, 0.05) is 25.0 Å². The summed E-state index contributed by atoms with van der Waals surface area (Å²) in [5, 5.41) is 3.21. The highest BCUT2D eigenvalue weighted by Gasteiger charge is 2.01. The van der Waals surface area contributed by atoms with Crippen molar-refractivity contribution in [2.24, 2.45) is 0 Å². The van der Waals surface area contributed by atoms with Crippen LogP contribution < -0.4 is 5.32 Å². The van der Waals surface area contributed by atoms with Gasteiger partial charge in [0.15, 0.2) is 0 Å². The molecular formula is C12H22N4. The van der Waals surface area contributed by atoms with Gasteiger partial charge in [-0.1, -0.05) is 0 Å². The first-order chi connectivity index (χ1) is 7.70. The fourth-order valence-electron chi connectivity index (χ4n) is 1.33. The molecule has 0 amide bonds. The molecule has 16 heavy (non-hydrogen) atoms. The van der Waals surface area contributed by atoms with Crippen molar-refractivity contribution in [3.8, 4) is 0 Å². The van der Waals surface area contributed by atoms with Gasteiger partial charge in [0.2, 0.25) is 5.95 Å². The minimum atomic E-state index is 0.630. The fourth-order valence-corrected chi connectivity index (χ4v) is 1.33. The molecule has 1 heterocycles. The zero-order valence-electron chi connectivity index (χ0n) is 10.5. The second kappa shape index (κ2) is 7.17. The topological polar surface area (TPSA) is 41.0 Å². The first-order valence-corrected chi connectivity index (χ1v) is 5.91. The molecule has 1 aromatic rings. The number of hydrogen-bond acceptors (Lipinski definition) is 4. The molecule has 4 heteroatoms. The van der Waals surface area contributed by atoms with Crippen LogP contribution in [0.5, 0.6) is 0 Å². The SMILES string of the molecule is CC(C)N(C)CCCCNc1ncccn1. The molecule has 0 aromatic carbocycles. The van der Waals surface area contributed by atoms with Crippen molar-refractivity contribution in [1.82, 2.24) is 14.9 Å². The maximum atomic E-state index is 4.11. The summed E-state index contributed by atoms with van der Waals surface area (Å²) in [6, 6.07) is 2.45. The van der Waals surface area contributed by atoms with Crippen LogP contribution in [0.25, 0.3) is 0 Å². The Labute approximate surface area is 98.1 Å². The van der Waals surface area contributed by atoms with Crippen LogP contribution in [-0.2, 0) is 0 Å². The largest absolute Gasteiger partial charge is 0.354 e. The lowest BCUT2D eigenvalue weighted by Crippen LogP contribution is -2.27. The summed E-state index contributed by atoms with van der Waals surface area (Å²) >= 11 is 0. The Morgan fingerprint density at radius 3 is 2.56 bits per heavy atom. The molecule has 0 saturated carbocycles. The molecule has 4 nitrogen and oxygen atoms in total. The molecule has 0 aliphatic heterocycles. The first-order valence-electron chi connectivity index (χ1n) is 5.91. The van der Waals surface area contributed by atoms with Gasteiger partial charge in [-0.05, 0) is 46.3 Å². The number of nitrogens with one attached hydrogen (secondary N) is 1. The van der Waals surface area contributed by atoms with E-state index < -0.39 is 0 Å². The molecule has 1 N–H and O–H groups in total. The third-order valence-corrected chi connectivity index (χ3v) is 2.67. The third-order valence-electron chi connectivity index (χ3n) is 2.67. The second-order valence-corrected chi connectivity index (χ2v) is 4.28. The zero-order valence-corrected chi connectivity index (χ0v) is 10.5. The Balaban J connectivity index is 2.04. The molecule has 0 aliphatic carbocycles. The molecule has 0 spiro atoms. The van der Waals surface area contributed by atoms with E-state index in [1.165, 1.54) is 6.42 Å². The summed E-state index contributed by atoms with van der Waals surface area (Å²) in [7, 11) is 2.17. The minimum absolute atomic E-state index is 0.630. The van der Waals surface area contributed by atoms with E-state index in [0.717, 1.165) is 25.5 Å². The number of rotatable bonds is 7. The van der Waals surface area contributed by atoms with E-state index >= 15 is 0 Å². The Hall–Kier alpha value is -1.16. The van der Waals surface area contributed by atoms with Gasteiger partial charge in [-0.15, -0.1) is 0 Å². The van der Waals surface area contributed by atoms with Gasteiger partial charge in [0.05, 0.1) is 0 Å². The minimum Gasteiger partial charge on any atom is -0.354 e. The lowest BCUT2D eigenvalue weighted by molar-refractivity contribution is 0.269. The van der Waals surface area contributed by atoms with Crippen molar-refractivity contribution in [1.29, 1.82) is 0 Å². The molecule has 0 fully saturated rings. The van der Waals surface area contributed by atoms with Crippen molar-refractivity contribution in [2.45, 2.75) is 32.7 Å². The predicted octanol–water partition coefficient (Wildman–Crippen LogP) is 2.01. The van der Waals surface area contributed by atoms with E-state index in [2.05, 4.69) is 41.1 Å². The molecule has 90 valence electrons. The third kappa shape index (κ3) is 5.07. The lowest BCUT2D eigenvalue weighted by Gasteiger charge is -2.20. The number of nitrogens with zero attached hydrogens (tertiary/aromatic N) is 3. The van der Waals surface area contributed by atoms with Crippen LogP contribution in [0, 0.1) is 0 Å². The van der Waals surface area contributed by atoms with Gasteiger partial charge in [-0.2, -0.15) is 0 Å². The quantitative estimate of drug-likeness (QED) is 0.717. The number of unbranched alkanes of at least 4 members (excludes halogenated alkanes) is 1. The summed E-state index contributed by atoms with van der Waals surface area (Å²) < 4.78 is 0. The monoisotopic (exact) mass is 222 g/mol. The van der Waals surface area contributed by atoms with Crippen LogP contribution in [0.3, 0.4) is 0 Å². The van der Waals surface area contributed by atoms with Crippen molar-refractivity contribution >= 4 is 5.95 Å².